The van der Waals surface area contributed by atoms with E-state index in [0.717, 1.165) is 29.2 Å². The van der Waals surface area contributed by atoms with Crippen LogP contribution in [0.15, 0.2) is 77.3 Å². The molecule has 0 saturated carbocycles. The molecule has 0 unspecified atom stereocenters. The molecule has 4 aromatic rings. The summed E-state index contributed by atoms with van der Waals surface area (Å²) < 4.78 is 7.55. The zero-order chi connectivity index (χ0) is 22.2. The van der Waals surface area contributed by atoms with E-state index in [1.165, 1.54) is 16.6 Å². The summed E-state index contributed by atoms with van der Waals surface area (Å²) in [6, 6.07) is 21.8. The Hall–Kier alpha value is -3.10. The van der Waals surface area contributed by atoms with Gasteiger partial charge in [-0.25, -0.2) is 0 Å². The summed E-state index contributed by atoms with van der Waals surface area (Å²) in [5, 5.41) is 14.5. The van der Waals surface area contributed by atoms with Gasteiger partial charge >= 0.3 is 0 Å². The van der Waals surface area contributed by atoms with Gasteiger partial charge in [0, 0.05) is 22.7 Å². The van der Waals surface area contributed by atoms with Crippen LogP contribution in [-0.4, -0.2) is 39.6 Å². The predicted molar refractivity (Wildman–Crippen MR) is 130 cm³/mol. The topological polar surface area (TPSA) is 69.0 Å². The van der Waals surface area contributed by atoms with Crippen LogP contribution in [0.5, 0.6) is 5.75 Å². The maximum Gasteiger partial charge on any atom is 0.230 e. The molecule has 4 rings (SSSR count). The van der Waals surface area contributed by atoms with Gasteiger partial charge in [0.25, 0.3) is 0 Å². The molecule has 0 spiro atoms. The number of carbonyl (C=O) groups is 1. The van der Waals surface area contributed by atoms with E-state index in [1.54, 1.807) is 11.3 Å². The minimum absolute atomic E-state index is 0.0194. The van der Waals surface area contributed by atoms with E-state index in [0.29, 0.717) is 18.3 Å². The first-order chi connectivity index (χ1) is 15.7. The molecule has 0 aliphatic carbocycles. The zero-order valence-electron chi connectivity index (χ0n) is 17.7. The van der Waals surface area contributed by atoms with Crippen LogP contribution < -0.4 is 10.1 Å². The quantitative estimate of drug-likeness (QED) is 0.340. The molecule has 0 fully saturated rings. The van der Waals surface area contributed by atoms with Gasteiger partial charge in [0.2, 0.25) is 5.91 Å². The smallest absolute Gasteiger partial charge is 0.230 e. The number of nitrogens with one attached hydrogen (secondary N) is 1. The Morgan fingerprint density at radius 1 is 1.06 bits per heavy atom. The first-order valence-electron chi connectivity index (χ1n) is 10.4. The standard InChI is InChI=1S/C24H24N4O2S2/c1-2-30-20-12-10-19(11-13-20)28-23(18-7-4-3-5-8-18)26-27-24(28)32-17-22(29)25-15-14-21-9-6-16-31-21/h3-13,16H,2,14-15,17H2,1H3,(H,25,29). The van der Waals surface area contributed by atoms with E-state index in [4.69, 9.17) is 4.74 Å². The van der Waals surface area contributed by atoms with Gasteiger partial charge in [0.05, 0.1) is 12.4 Å². The van der Waals surface area contributed by atoms with Crippen LogP contribution in [0.2, 0.25) is 0 Å². The fourth-order valence-electron chi connectivity index (χ4n) is 3.19. The maximum atomic E-state index is 12.4. The minimum Gasteiger partial charge on any atom is -0.494 e. The van der Waals surface area contributed by atoms with E-state index in [1.807, 2.05) is 77.5 Å². The zero-order valence-corrected chi connectivity index (χ0v) is 19.4. The molecule has 0 aliphatic heterocycles. The van der Waals surface area contributed by atoms with Crippen LogP contribution in [0.3, 0.4) is 0 Å². The summed E-state index contributed by atoms with van der Waals surface area (Å²) in [5.74, 6) is 1.79. The summed E-state index contributed by atoms with van der Waals surface area (Å²) in [6.45, 7) is 3.20. The number of aromatic nitrogens is 3. The lowest BCUT2D eigenvalue weighted by Gasteiger charge is -2.11. The second kappa shape index (κ2) is 11.0. The molecule has 1 N–H and O–H groups in total. The van der Waals surface area contributed by atoms with Crippen LogP contribution in [0, 0.1) is 0 Å². The Bertz CT molecular complexity index is 1130. The molecule has 32 heavy (non-hydrogen) atoms. The van der Waals surface area contributed by atoms with Crippen LogP contribution in [0.4, 0.5) is 0 Å². The fourth-order valence-corrected chi connectivity index (χ4v) is 4.68. The van der Waals surface area contributed by atoms with Gasteiger partial charge < -0.3 is 10.1 Å². The first-order valence-corrected chi connectivity index (χ1v) is 12.3. The normalized spacial score (nSPS) is 10.8. The van der Waals surface area contributed by atoms with Crippen molar-refractivity contribution >= 4 is 29.0 Å². The summed E-state index contributed by atoms with van der Waals surface area (Å²) in [5.41, 5.74) is 1.87. The third-order valence-corrected chi connectivity index (χ3v) is 6.54. The first kappa shape index (κ1) is 22.1. The van der Waals surface area contributed by atoms with E-state index < -0.39 is 0 Å². The summed E-state index contributed by atoms with van der Waals surface area (Å²) in [4.78, 5) is 13.6. The van der Waals surface area contributed by atoms with Crippen molar-refractivity contribution in [1.82, 2.24) is 20.1 Å². The number of thioether (sulfide) groups is 1. The highest BCUT2D eigenvalue weighted by atomic mass is 32.2. The van der Waals surface area contributed by atoms with Gasteiger partial charge in [-0.2, -0.15) is 0 Å². The van der Waals surface area contributed by atoms with Crippen molar-refractivity contribution in [3.05, 3.63) is 77.0 Å². The maximum absolute atomic E-state index is 12.4. The largest absolute Gasteiger partial charge is 0.494 e. The van der Waals surface area contributed by atoms with E-state index >= 15 is 0 Å². The average Bonchev–Trinajstić information content (AvgIpc) is 3.49. The third-order valence-electron chi connectivity index (χ3n) is 4.68. The number of hydrogen-bond donors (Lipinski definition) is 1. The van der Waals surface area contributed by atoms with Gasteiger partial charge in [-0.15, -0.1) is 21.5 Å². The molecular formula is C24H24N4O2S2. The SMILES string of the molecule is CCOc1ccc(-n2c(SCC(=O)NCCc3cccs3)nnc2-c2ccccc2)cc1. The van der Waals surface area contributed by atoms with Crippen LogP contribution in [-0.2, 0) is 11.2 Å². The second-order valence-electron chi connectivity index (χ2n) is 6.90. The molecule has 6 nitrogen and oxygen atoms in total. The number of hydrogen-bond acceptors (Lipinski definition) is 6. The Balaban J connectivity index is 1.50. The second-order valence-corrected chi connectivity index (χ2v) is 8.88. The molecule has 2 aromatic carbocycles. The van der Waals surface area contributed by atoms with Gasteiger partial charge in [-0.3, -0.25) is 9.36 Å². The Morgan fingerprint density at radius 2 is 1.88 bits per heavy atom. The highest BCUT2D eigenvalue weighted by Crippen LogP contribution is 2.28. The van der Waals surface area contributed by atoms with Gasteiger partial charge in [-0.1, -0.05) is 48.2 Å². The number of carbonyl (C=O) groups excluding carboxylic acids is 1. The Kier molecular flexibility index (Phi) is 7.58. The fraction of sp³-hybridized carbons (Fsp3) is 0.208. The monoisotopic (exact) mass is 464 g/mol. The molecule has 164 valence electrons. The highest BCUT2D eigenvalue weighted by molar-refractivity contribution is 7.99. The van der Waals surface area contributed by atoms with Crippen molar-refractivity contribution in [3.8, 4) is 22.8 Å². The van der Waals surface area contributed by atoms with Crippen molar-refractivity contribution < 1.29 is 9.53 Å². The summed E-state index contributed by atoms with van der Waals surface area (Å²) in [6.07, 6.45) is 0.842. The number of amides is 1. The summed E-state index contributed by atoms with van der Waals surface area (Å²) in [7, 11) is 0. The third kappa shape index (κ3) is 5.57. The molecule has 2 heterocycles. The van der Waals surface area contributed by atoms with E-state index in [9.17, 15) is 4.79 Å². The Labute approximate surface area is 195 Å². The van der Waals surface area contributed by atoms with E-state index in [2.05, 4.69) is 21.6 Å². The van der Waals surface area contributed by atoms with E-state index in [-0.39, 0.29) is 11.7 Å². The van der Waals surface area contributed by atoms with Crippen LogP contribution in [0.25, 0.3) is 17.1 Å². The molecule has 0 aliphatic rings. The lowest BCUT2D eigenvalue weighted by Crippen LogP contribution is -2.27. The van der Waals surface area contributed by atoms with Gasteiger partial charge in [0.1, 0.15) is 5.75 Å². The highest BCUT2D eigenvalue weighted by Gasteiger charge is 2.17. The van der Waals surface area contributed by atoms with Gasteiger partial charge in [0.15, 0.2) is 11.0 Å². The molecular weight excluding hydrogens is 440 g/mol. The number of ether oxygens (including phenoxy) is 1. The molecule has 0 saturated heterocycles. The van der Waals surface area contributed by atoms with Crippen LogP contribution in [0.1, 0.15) is 11.8 Å². The van der Waals surface area contributed by atoms with Crippen molar-refractivity contribution in [3.63, 3.8) is 0 Å². The molecule has 0 atom stereocenters. The van der Waals surface area contributed by atoms with Crippen molar-refractivity contribution in [2.24, 2.45) is 0 Å². The number of benzene rings is 2. The lowest BCUT2D eigenvalue weighted by molar-refractivity contribution is -0.118. The van der Waals surface area contributed by atoms with Gasteiger partial charge in [-0.05, 0) is 49.1 Å². The molecule has 2 aromatic heterocycles. The molecule has 0 bridgehead atoms. The number of nitrogens with zero attached hydrogens (tertiary/aromatic N) is 3. The van der Waals surface area contributed by atoms with Crippen molar-refractivity contribution in [2.75, 3.05) is 18.9 Å². The van der Waals surface area contributed by atoms with Crippen molar-refractivity contribution in [2.45, 2.75) is 18.5 Å². The summed E-state index contributed by atoms with van der Waals surface area (Å²) >= 11 is 3.08. The molecule has 1 amide bonds. The number of thiophene rings is 1. The minimum atomic E-state index is -0.0194. The number of rotatable bonds is 10. The predicted octanol–water partition coefficient (Wildman–Crippen LogP) is 4.85. The molecule has 8 heteroatoms. The molecule has 0 radical (unpaired) electrons. The lowest BCUT2D eigenvalue weighted by atomic mass is 10.2. The average molecular weight is 465 g/mol. The Morgan fingerprint density at radius 3 is 2.59 bits per heavy atom. The van der Waals surface area contributed by atoms with Crippen LogP contribution >= 0.6 is 23.1 Å². The van der Waals surface area contributed by atoms with Crippen molar-refractivity contribution in [1.29, 1.82) is 0 Å².